The van der Waals surface area contributed by atoms with Gasteiger partial charge in [-0.25, -0.2) is 13.4 Å². The molecule has 6 nitrogen and oxygen atoms in total. The second-order valence-corrected chi connectivity index (χ2v) is 10.9. The molecular weight excluding hydrogens is 382 g/mol. The van der Waals surface area contributed by atoms with Crippen LogP contribution in [-0.4, -0.2) is 58.9 Å². The van der Waals surface area contributed by atoms with Gasteiger partial charge in [0.2, 0.25) is 15.9 Å². The van der Waals surface area contributed by atoms with Crippen LogP contribution in [0.3, 0.4) is 0 Å². The van der Waals surface area contributed by atoms with Gasteiger partial charge in [-0.15, -0.1) is 0 Å². The van der Waals surface area contributed by atoms with Crippen LogP contribution in [0.25, 0.3) is 0 Å². The highest BCUT2D eigenvalue weighted by atomic mass is 32.2. The Morgan fingerprint density at radius 1 is 1.15 bits per heavy atom. The number of aromatic nitrogens is 1. The summed E-state index contributed by atoms with van der Waals surface area (Å²) in [7, 11) is -3.45. The molecule has 0 bridgehead atoms. The molecule has 3 heterocycles. The quantitative estimate of drug-likeness (QED) is 0.696. The molecule has 3 rings (SSSR count). The Labute approximate surface area is 166 Å². The minimum atomic E-state index is -3.45. The monoisotopic (exact) mass is 411 g/mol. The number of nitrogens with zero attached hydrogens (tertiary/aromatic N) is 3. The first-order chi connectivity index (χ1) is 12.8. The normalized spacial score (nSPS) is 25.5. The number of rotatable bonds is 5. The Morgan fingerprint density at radius 2 is 1.78 bits per heavy atom. The molecule has 0 aliphatic carbocycles. The van der Waals surface area contributed by atoms with Gasteiger partial charge in [0.05, 0.1) is 10.3 Å². The van der Waals surface area contributed by atoms with Crippen LogP contribution < -0.4 is 0 Å². The van der Waals surface area contributed by atoms with Gasteiger partial charge in [-0.3, -0.25) is 4.79 Å². The van der Waals surface area contributed by atoms with E-state index in [1.807, 2.05) is 11.8 Å². The van der Waals surface area contributed by atoms with Crippen molar-refractivity contribution in [2.75, 3.05) is 13.1 Å². The number of thioether (sulfide) groups is 1. The van der Waals surface area contributed by atoms with Crippen LogP contribution in [0.15, 0.2) is 28.3 Å². The molecule has 0 spiro atoms. The van der Waals surface area contributed by atoms with Crippen molar-refractivity contribution in [2.45, 2.75) is 80.1 Å². The standard InChI is InChI=1S/C19H29N3O3S2/c1-14-7-6-8-15(2)22(14)19(23)16(3)26-18-10-9-17(13-20-18)27(24,25)21-11-4-5-12-21/h9-10,13-16H,4-8,11-12H2,1-3H3/t14-,15-,16+/m0/s1. The average molecular weight is 412 g/mol. The van der Waals surface area contributed by atoms with Crippen molar-refractivity contribution in [3.05, 3.63) is 18.3 Å². The van der Waals surface area contributed by atoms with E-state index in [9.17, 15) is 13.2 Å². The van der Waals surface area contributed by atoms with Crippen LogP contribution in [0.1, 0.15) is 52.9 Å². The second-order valence-electron chi connectivity index (χ2n) is 7.58. The van der Waals surface area contributed by atoms with E-state index in [4.69, 9.17) is 0 Å². The van der Waals surface area contributed by atoms with Gasteiger partial charge in [-0.05, 0) is 65.0 Å². The van der Waals surface area contributed by atoms with E-state index in [1.165, 1.54) is 28.7 Å². The molecule has 2 aliphatic heterocycles. The van der Waals surface area contributed by atoms with Gasteiger partial charge in [0.15, 0.2) is 0 Å². The van der Waals surface area contributed by atoms with Gasteiger partial charge in [-0.1, -0.05) is 11.8 Å². The minimum Gasteiger partial charge on any atom is -0.336 e. The van der Waals surface area contributed by atoms with Gasteiger partial charge in [0.25, 0.3) is 0 Å². The molecule has 0 saturated carbocycles. The van der Waals surface area contributed by atoms with E-state index in [0.29, 0.717) is 18.1 Å². The fourth-order valence-corrected chi connectivity index (χ4v) is 6.27. The number of carbonyl (C=O) groups is 1. The number of likely N-dealkylation sites (tertiary alicyclic amines) is 1. The summed E-state index contributed by atoms with van der Waals surface area (Å²) >= 11 is 1.39. The van der Waals surface area contributed by atoms with Crippen molar-refractivity contribution < 1.29 is 13.2 Å². The van der Waals surface area contributed by atoms with Crippen LogP contribution >= 0.6 is 11.8 Å². The molecule has 3 atom stereocenters. The maximum Gasteiger partial charge on any atom is 0.244 e. The molecule has 1 aromatic rings. The molecule has 2 saturated heterocycles. The summed E-state index contributed by atoms with van der Waals surface area (Å²) in [5.41, 5.74) is 0. The Balaban J connectivity index is 1.66. The Hall–Kier alpha value is -1.12. The fraction of sp³-hybridized carbons (Fsp3) is 0.684. The summed E-state index contributed by atoms with van der Waals surface area (Å²) in [5.74, 6) is 0.135. The molecule has 2 fully saturated rings. The number of carbonyl (C=O) groups excluding carboxylic acids is 1. The van der Waals surface area contributed by atoms with E-state index in [1.54, 1.807) is 12.1 Å². The molecule has 2 aliphatic rings. The lowest BCUT2D eigenvalue weighted by atomic mass is 9.97. The van der Waals surface area contributed by atoms with E-state index < -0.39 is 10.0 Å². The van der Waals surface area contributed by atoms with Gasteiger partial charge in [0, 0.05) is 31.4 Å². The topological polar surface area (TPSA) is 70.6 Å². The maximum atomic E-state index is 12.9. The molecular formula is C19H29N3O3S2. The van der Waals surface area contributed by atoms with Crippen molar-refractivity contribution in [2.24, 2.45) is 0 Å². The van der Waals surface area contributed by atoms with Gasteiger partial charge >= 0.3 is 0 Å². The zero-order valence-corrected chi connectivity index (χ0v) is 17.9. The molecule has 0 radical (unpaired) electrons. The summed E-state index contributed by atoms with van der Waals surface area (Å²) in [6.07, 6.45) is 6.51. The highest BCUT2D eigenvalue weighted by Crippen LogP contribution is 2.29. The molecule has 27 heavy (non-hydrogen) atoms. The van der Waals surface area contributed by atoms with Gasteiger partial charge in [-0.2, -0.15) is 4.31 Å². The van der Waals surface area contributed by atoms with Crippen LogP contribution in [0.5, 0.6) is 0 Å². The highest BCUT2D eigenvalue weighted by molar-refractivity contribution is 8.00. The smallest absolute Gasteiger partial charge is 0.244 e. The van der Waals surface area contributed by atoms with Crippen molar-refractivity contribution in [1.29, 1.82) is 0 Å². The van der Waals surface area contributed by atoms with Crippen molar-refractivity contribution in [3.8, 4) is 0 Å². The van der Waals surface area contributed by atoms with Crippen molar-refractivity contribution in [1.82, 2.24) is 14.2 Å². The fourth-order valence-electron chi connectivity index (χ4n) is 3.96. The van der Waals surface area contributed by atoms with Gasteiger partial charge in [0.1, 0.15) is 4.90 Å². The summed E-state index contributed by atoms with van der Waals surface area (Å²) in [4.78, 5) is 19.4. The van der Waals surface area contributed by atoms with Gasteiger partial charge < -0.3 is 4.90 Å². The summed E-state index contributed by atoms with van der Waals surface area (Å²) < 4.78 is 26.7. The zero-order valence-electron chi connectivity index (χ0n) is 16.3. The lowest BCUT2D eigenvalue weighted by Crippen LogP contribution is -2.50. The first kappa shape index (κ1) is 20.6. The minimum absolute atomic E-state index is 0.135. The average Bonchev–Trinajstić information content (AvgIpc) is 3.17. The number of pyridine rings is 1. The lowest BCUT2D eigenvalue weighted by molar-refractivity contribution is -0.136. The number of hydrogen-bond acceptors (Lipinski definition) is 5. The van der Waals surface area contributed by atoms with E-state index >= 15 is 0 Å². The van der Waals surface area contributed by atoms with E-state index in [-0.39, 0.29) is 28.1 Å². The molecule has 1 amide bonds. The number of piperidine rings is 1. The van der Waals surface area contributed by atoms with Crippen LogP contribution in [0, 0.1) is 0 Å². The van der Waals surface area contributed by atoms with Crippen molar-refractivity contribution in [3.63, 3.8) is 0 Å². The van der Waals surface area contributed by atoms with E-state index in [0.717, 1.165) is 25.7 Å². The third-order valence-electron chi connectivity index (χ3n) is 5.51. The summed E-state index contributed by atoms with van der Waals surface area (Å²) in [6.45, 7) is 7.28. The molecule has 1 aromatic heterocycles. The lowest BCUT2D eigenvalue weighted by Gasteiger charge is -2.40. The molecule has 150 valence electrons. The Kier molecular flexibility index (Phi) is 6.48. The summed E-state index contributed by atoms with van der Waals surface area (Å²) in [5, 5.41) is 0.426. The predicted octanol–water partition coefficient (Wildman–Crippen LogP) is 3.14. The molecule has 0 aromatic carbocycles. The zero-order chi connectivity index (χ0) is 19.6. The largest absolute Gasteiger partial charge is 0.336 e. The third kappa shape index (κ3) is 4.49. The van der Waals surface area contributed by atoms with Crippen LogP contribution in [0.2, 0.25) is 0 Å². The Morgan fingerprint density at radius 3 is 2.33 bits per heavy atom. The summed E-state index contributed by atoms with van der Waals surface area (Å²) in [6, 6.07) is 3.85. The maximum absolute atomic E-state index is 12.9. The third-order valence-corrected chi connectivity index (χ3v) is 8.43. The van der Waals surface area contributed by atoms with Crippen LogP contribution in [-0.2, 0) is 14.8 Å². The Bertz CT molecular complexity index is 751. The predicted molar refractivity (Wildman–Crippen MR) is 107 cm³/mol. The van der Waals surface area contributed by atoms with Crippen LogP contribution in [0.4, 0.5) is 0 Å². The first-order valence-electron chi connectivity index (χ1n) is 9.75. The second kappa shape index (κ2) is 8.49. The number of hydrogen-bond donors (Lipinski definition) is 0. The highest BCUT2D eigenvalue weighted by Gasteiger charge is 2.32. The SMILES string of the molecule is C[C@@H](Sc1ccc(S(=O)(=O)N2CCCC2)cn1)C(=O)N1[C@@H](C)CCC[C@@H]1C. The number of amides is 1. The van der Waals surface area contributed by atoms with E-state index in [2.05, 4.69) is 18.8 Å². The van der Waals surface area contributed by atoms with Crippen molar-refractivity contribution >= 4 is 27.7 Å². The molecule has 0 N–H and O–H groups in total. The first-order valence-corrected chi connectivity index (χ1v) is 12.1. The molecule has 0 unspecified atom stereocenters. The number of sulfonamides is 1. The molecule has 8 heteroatoms.